The van der Waals surface area contributed by atoms with E-state index in [4.69, 9.17) is 5.73 Å². The highest BCUT2D eigenvalue weighted by Gasteiger charge is 2.15. The van der Waals surface area contributed by atoms with E-state index in [0.29, 0.717) is 17.9 Å². The fourth-order valence-corrected chi connectivity index (χ4v) is 3.77. The molecule has 3 aromatic rings. The second kappa shape index (κ2) is 7.50. The second-order valence-electron chi connectivity index (χ2n) is 6.37. The van der Waals surface area contributed by atoms with Gasteiger partial charge in [0.05, 0.1) is 5.52 Å². The number of sulfonamides is 1. The predicted octanol–water partition coefficient (Wildman–Crippen LogP) is 2.53. The Bertz CT molecular complexity index is 1100. The van der Waals surface area contributed by atoms with Gasteiger partial charge in [-0.05, 0) is 38.0 Å². The summed E-state index contributed by atoms with van der Waals surface area (Å²) in [6, 6.07) is 9.29. The van der Waals surface area contributed by atoms with Crippen LogP contribution in [-0.4, -0.2) is 29.5 Å². The van der Waals surface area contributed by atoms with E-state index in [1.165, 1.54) is 5.41 Å². The van der Waals surface area contributed by atoms with Gasteiger partial charge in [-0.2, -0.15) is 0 Å². The molecule has 2 heterocycles. The van der Waals surface area contributed by atoms with Crippen LogP contribution in [0.4, 0.5) is 5.82 Å². The molecule has 0 amide bonds. The van der Waals surface area contributed by atoms with Crippen LogP contribution in [0.15, 0.2) is 35.7 Å². The molecular weight excluding hydrogens is 362 g/mol. The summed E-state index contributed by atoms with van der Waals surface area (Å²) < 4.78 is 29.0. The molecular formula is C19H23N5O2S. The van der Waals surface area contributed by atoms with Crippen molar-refractivity contribution in [2.24, 2.45) is 0 Å². The summed E-state index contributed by atoms with van der Waals surface area (Å²) in [5.41, 5.74) is 10.2. The first-order valence-corrected chi connectivity index (χ1v) is 10.2. The van der Waals surface area contributed by atoms with E-state index in [9.17, 15) is 8.42 Å². The van der Waals surface area contributed by atoms with Crippen molar-refractivity contribution in [3.63, 3.8) is 0 Å². The molecule has 7 nitrogen and oxygen atoms in total. The Balaban J connectivity index is 1.76. The van der Waals surface area contributed by atoms with Crippen molar-refractivity contribution in [2.45, 2.75) is 27.3 Å². The molecule has 0 fully saturated rings. The average molecular weight is 385 g/mol. The number of benzene rings is 1. The molecule has 142 valence electrons. The first-order chi connectivity index (χ1) is 12.8. The Morgan fingerprint density at radius 2 is 1.85 bits per heavy atom. The molecule has 0 saturated heterocycles. The number of nitrogens with one attached hydrogen (secondary N) is 1. The molecule has 1 aromatic carbocycles. The number of aromatic nitrogens is 3. The van der Waals surface area contributed by atoms with Crippen molar-refractivity contribution in [3.8, 4) is 0 Å². The van der Waals surface area contributed by atoms with Crippen molar-refractivity contribution in [1.29, 1.82) is 0 Å². The first kappa shape index (κ1) is 19.1. The molecule has 0 aliphatic carbocycles. The van der Waals surface area contributed by atoms with Gasteiger partial charge in [-0.15, -0.1) is 0 Å². The normalized spacial score (nSPS) is 12.3. The second-order valence-corrected chi connectivity index (χ2v) is 8.02. The fourth-order valence-electron chi connectivity index (χ4n) is 2.97. The van der Waals surface area contributed by atoms with E-state index >= 15 is 0 Å². The number of hydrogen-bond donors (Lipinski definition) is 2. The van der Waals surface area contributed by atoms with Crippen LogP contribution in [0.1, 0.15) is 22.6 Å². The monoisotopic (exact) mass is 385 g/mol. The van der Waals surface area contributed by atoms with Crippen LogP contribution in [0.2, 0.25) is 0 Å². The van der Waals surface area contributed by atoms with Crippen LogP contribution in [0.5, 0.6) is 0 Å². The summed E-state index contributed by atoms with van der Waals surface area (Å²) in [6.45, 7) is 6.43. The third-order valence-corrected chi connectivity index (χ3v) is 5.57. The third kappa shape index (κ3) is 4.17. The molecule has 2 aromatic heterocycles. The van der Waals surface area contributed by atoms with E-state index in [-0.39, 0.29) is 6.54 Å². The van der Waals surface area contributed by atoms with Gasteiger partial charge in [-0.25, -0.2) is 23.1 Å². The Morgan fingerprint density at radius 3 is 2.56 bits per heavy atom. The van der Waals surface area contributed by atoms with E-state index in [1.54, 1.807) is 6.08 Å². The number of nitrogens with zero attached hydrogens (tertiary/aromatic N) is 3. The summed E-state index contributed by atoms with van der Waals surface area (Å²) in [5, 5.41) is 1.18. The third-order valence-electron chi connectivity index (χ3n) is 4.47. The maximum absolute atomic E-state index is 12.2. The van der Waals surface area contributed by atoms with Crippen LogP contribution < -0.4 is 10.5 Å². The number of nitrogens with two attached hydrogens (primary N) is 1. The van der Waals surface area contributed by atoms with Gasteiger partial charge in [0.1, 0.15) is 11.3 Å². The SMILES string of the molecule is Cc1nc(N)c2nc(C)n(CCNS(=O)(=O)C=Cc3ccccc3)c2c1C. The molecule has 0 aliphatic heterocycles. The Labute approximate surface area is 159 Å². The van der Waals surface area contributed by atoms with Crippen molar-refractivity contribution >= 4 is 33.0 Å². The number of rotatable bonds is 6. The van der Waals surface area contributed by atoms with Gasteiger partial charge < -0.3 is 10.3 Å². The maximum Gasteiger partial charge on any atom is 0.233 e. The molecule has 0 radical (unpaired) electrons. The molecule has 0 atom stereocenters. The quantitative estimate of drug-likeness (QED) is 0.679. The fraction of sp³-hybridized carbons (Fsp3) is 0.263. The Hall–Kier alpha value is -2.71. The van der Waals surface area contributed by atoms with Crippen molar-refractivity contribution < 1.29 is 8.42 Å². The number of hydrogen-bond acceptors (Lipinski definition) is 5. The van der Waals surface area contributed by atoms with Crippen molar-refractivity contribution in [1.82, 2.24) is 19.3 Å². The van der Waals surface area contributed by atoms with Crippen LogP contribution in [0, 0.1) is 20.8 Å². The smallest absolute Gasteiger partial charge is 0.233 e. The highest BCUT2D eigenvalue weighted by Crippen LogP contribution is 2.25. The van der Waals surface area contributed by atoms with Gasteiger partial charge in [-0.1, -0.05) is 30.3 Å². The molecule has 3 rings (SSSR count). The number of anilines is 1. The zero-order valence-corrected chi connectivity index (χ0v) is 16.4. The van der Waals surface area contributed by atoms with Gasteiger partial charge in [0.25, 0.3) is 0 Å². The zero-order chi connectivity index (χ0) is 19.6. The van der Waals surface area contributed by atoms with Crippen molar-refractivity contribution in [3.05, 3.63) is 58.4 Å². The molecule has 8 heteroatoms. The highest BCUT2D eigenvalue weighted by atomic mass is 32.2. The van der Waals surface area contributed by atoms with Gasteiger partial charge in [0.2, 0.25) is 10.0 Å². The van der Waals surface area contributed by atoms with E-state index in [1.807, 2.05) is 55.7 Å². The summed E-state index contributed by atoms with van der Waals surface area (Å²) in [5.74, 6) is 1.16. The predicted molar refractivity (Wildman–Crippen MR) is 109 cm³/mol. The number of fused-ring (bicyclic) bond motifs is 1. The minimum absolute atomic E-state index is 0.245. The maximum atomic E-state index is 12.2. The molecule has 3 N–H and O–H groups in total. The minimum atomic E-state index is -3.53. The Morgan fingerprint density at radius 1 is 1.15 bits per heavy atom. The first-order valence-electron chi connectivity index (χ1n) is 8.61. The molecule has 0 spiro atoms. The van der Waals surface area contributed by atoms with E-state index in [2.05, 4.69) is 14.7 Å². The zero-order valence-electron chi connectivity index (χ0n) is 15.6. The lowest BCUT2D eigenvalue weighted by Gasteiger charge is -2.10. The number of imidazole rings is 1. The highest BCUT2D eigenvalue weighted by molar-refractivity contribution is 7.92. The lowest BCUT2D eigenvalue weighted by Crippen LogP contribution is -2.25. The van der Waals surface area contributed by atoms with Crippen LogP contribution in [-0.2, 0) is 16.6 Å². The van der Waals surface area contributed by atoms with E-state index < -0.39 is 10.0 Å². The van der Waals surface area contributed by atoms with Crippen molar-refractivity contribution in [2.75, 3.05) is 12.3 Å². The average Bonchev–Trinajstić information content (AvgIpc) is 2.96. The molecule has 0 saturated carbocycles. The number of nitrogen functional groups attached to an aromatic ring is 1. The van der Waals surface area contributed by atoms with Gasteiger partial charge in [0.15, 0.2) is 5.82 Å². The van der Waals surface area contributed by atoms with Crippen LogP contribution in [0.25, 0.3) is 17.1 Å². The molecule has 0 bridgehead atoms. The van der Waals surface area contributed by atoms with Gasteiger partial charge >= 0.3 is 0 Å². The largest absolute Gasteiger partial charge is 0.382 e. The standard InChI is InChI=1S/C19H23N5O2S/c1-13-14(2)22-19(20)17-18(13)24(15(3)23-17)11-10-21-27(25,26)12-9-16-7-5-4-6-8-16/h4-9,12,21H,10-11H2,1-3H3,(H2,20,22). The summed E-state index contributed by atoms with van der Waals surface area (Å²) in [4.78, 5) is 8.80. The summed E-state index contributed by atoms with van der Waals surface area (Å²) in [6.07, 6.45) is 1.57. The number of pyridine rings is 1. The molecule has 27 heavy (non-hydrogen) atoms. The van der Waals surface area contributed by atoms with Gasteiger partial charge in [0, 0.05) is 24.2 Å². The minimum Gasteiger partial charge on any atom is -0.382 e. The summed E-state index contributed by atoms with van der Waals surface area (Å²) in [7, 11) is -3.53. The van der Waals surface area contributed by atoms with E-state index in [0.717, 1.165) is 28.2 Å². The van der Waals surface area contributed by atoms with Crippen LogP contribution >= 0.6 is 0 Å². The lowest BCUT2D eigenvalue weighted by molar-refractivity contribution is 0.581. The summed E-state index contributed by atoms with van der Waals surface area (Å²) >= 11 is 0. The van der Waals surface area contributed by atoms with Crippen LogP contribution in [0.3, 0.4) is 0 Å². The number of aryl methyl sites for hydroxylation is 3. The topological polar surface area (TPSA) is 103 Å². The van der Waals surface area contributed by atoms with Gasteiger partial charge in [-0.3, -0.25) is 0 Å². The lowest BCUT2D eigenvalue weighted by atomic mass is 10.2. The molecule has 0 unspecified atom stereocenters. The Kier molecular flexibility index (Phi) is 5.29. The molecule has 0 aliphatic rings.